The van der Waals surface area contributed by atoms with Crippen molar-refractivity contribution in [2.75, 3.05) is 18.1 Å². The minimum absolute atomic E-state index is 0.0627. The molecular formula is C14H25N3O3S. The van der Waals surface area contributed by atoms with Crippen molar-refractivity contribution in [1.82, 2.24) is 16.2 Å². The fourth-order valence-electron chi connectivity index (χ4n) is 2.83. The van der Waals surface area contributed by atoms with Gasteiger partial charge >= 0.3 is 6.03 Å². The molecule has 3 N–H and O–H groups in total. The lowest BCUT2D eigenvalue weighted by molar-refractivity contribution is 0.228. The van der Waals surface area contributed by atoms with E-state index >= 15 is 0 Å². The Kier molecular flexibility index (Phi) is 5.27. The van der Waals surface area contributed by atoms with Crippen LogP contribution in [0.5, 0.6) is 0 Å². The predicted octanol–water partition coefficient (Wildman–Crippen LogP) is 1.26. The van der Waals surface area contributed by atoms with Crippen molar-refractivity contribution in [2.24, 2.45) is 0 Å². The quantitative estimate of drug-likeness (QED) is 0.526. The first-order valence-electron chi connectivity index (χ1n) is 7.58. The van der Waals surface area contributed by atoms with Gasteiger partial charge in [-0.3, -0.25) is 5.43 Å². The number of hydrogen-bond acceptors (Lipinski definition) is 4. The van der Waals surface area contributed by atoms with Gasteiger partial charge in [0.05, 0.1) is 11.5 Å². The molecule has 1 saturated heterocycles. The molecule has 0 aromatic carbocycles. The summed E-state index contributed by atoms with van der Waals surface area (Å²) in [6.07, 6.45) is 8.47. The van der Waals surface area contributed by atoms with Gasteiger partial charge in [-0.1, -0.05) is 11.6 Å². The zero-order chi connectivity index (χ0) is 15.3. The van der Waals surface area contributed by atoms with Crippen molar-refractivity contribution >= 4 is 15.9 Å². The van der Waals surface area contributed by atoms with E-state index in [1.165, 1.54) is 18.4 Å². The van der Waals surface area contributed by atoms with Gasteiger partial charge < -0.3 is 5.32 Å². The van der Waals surface area contributed by atoms with Crippen LogP contribution in [0.1, 0.15) is 45.4 Å². The summed E-state index contributed by atoms with van der Waals surface area (Å²) in [7, 11) is -2.97. The lowest BCUT2D eigenvalue weighted by Gasteiger charge is -2.24. The SMILES string of the molecule is CC1(NNC(=O)NCCC2=CCCCC2)CCS(=O)(=O)C1. The smallest absolute Gasteiger partial charge is 0.329 e. The van der Waals surface area contributed by atoms with E-state index in [9.17, 15) is 13.2 Å². The van der Waals surface area contributed by atoms with Gasteiger partial charge in [0, 0.05) is 12.1 Å². The van der Waals surface area contributed by atoms with E-state index in [2.05, 4.69) is 22.2 Å². The molecule has 6 nitrogen and oxygen atoms in total. The van der Waals surface area contributed by atoms with Crippen molar-refractivity contribution in [2.45, 2.75) is 51.0 Å². The van der Waals surface area contributed by atoms with Crippen LogP contribution in [-0.4, -0.2) is 38.0 Å². The van der Waals surface area contributed by atoms with Gasteiger partial charge in [0.25, 0.3) is 0 Å². The molecule has 0 bridgehead atoms. The highest BCUT2D eigenvalue weighted by Crippen LogP contribution is 2.22. The van der Waals surface area contributed by atoms with Crippen LogP contribution in [0.3, 0.4) is 0 Å². The number of hydrogen-bond donors (Lipinski definition) is 3. The first kappa shape index (κ1) is 16.3. The van der Waals surface area contributed by atoms with E-state index in [1.54, 1.807) is 0 Å². The number of sulfone groups is 1. The number of nitrogens with one attached hydrogen (secondary N) is 3. The molecule has 7 heteroatoms. The minimum atomic E-state index is -2.97. The van der Waals surface area contributed by atoms with Crippen LogP contribution in [0, 0.1) is 0 Å². The molecule has 1 aliphatic carbocycles. The lowest BCUT2D eigenvalue weighted by Crippen LogP contribution is -2.55. The average molecular weight is 315 g/mol. The van der Waals surface area contributed by atoms with Gasteiger partial charge in [0.2, 0.25) is 0 Å². The summed E-state index contributed by atoms with van der Waals surface area (Å²) in [5.41, 5.74) is 6.26. The molecule has 0 aromatic heterocycles. The molecule has 21 heavy (non-hydrogen) atoms. The van der Waals surface area contributed by atoms with Gasteiger partial charge in [-0.05, 0) is 45.4 Å². The van der Waals surface area contributed by atoms with Crippen molar-refractivity contribution in [3.8, 4) is 0 Å². The Labute approximate surface area is 126 Å². The molecule has 120 valence electrons. The summed E-state index contributed by atoms with van der Waals surface area (Å²) in [5, 5.41) is 2.79. The van der Waals surface area contributed by atoms with Crippen molar-refractivity contribution in [1.29, 1.82) is 0 Å². The standard InChI is InChI=1S/C14H25N3O3S/c1-14(8-10-21(19,20)11-14)17-16-13(18)15-9-7-12-5-3-2-4-6-12/h5,17H,2-4,6-11H2,1H3,(H2,15,16,18). The molecule has 2 aliphatic rings. The second-order valence-corrected chi connectivity index (χ2v) is 8.45. The Morgan fingerprint density at radius 1 is 1.38 bits per heavy atom. The van der Waals surface area contributed by atoms with Crippen LogP contribution in [0.2, 0.25) is 0 Å². The Morgan fingerprint density at radius 2 is 2.19 bits per heavy atom. The first-order valence-corrected chi connectivity index (χ1v) is 9.40. The molecular weight excluding hydrogens is 290 g/mol. The molecule has 1 atom stereocenters. The third-order valence-corrected chi connectivity index (χ3v) is 6.00. The molecule has 1 aliphatic heterocycles. The van der Waals surface area contributed by atoms with Gasteiger partial charge in [-0.15, -0.1) is 0 Å². The molecule has 0 saturated carbocycles. The number of carbonyl (C=O) groups is 1. The molecule has 0 radical (unpaired) electrons. The number of urea groups is 1. The second-order valence-electron chi connectivity index (χ2n) is 6.27. The molecule has 0 spiro atoms. The van der Waals surface area contributed by atoms with Crippen LogP contribution >= 0.6 is 0 Å². The second kappa shape index (κ2) is 6.79. The largest absolute Gasteiger partial charge is 0.337 e. The zero-order valence-corrected chi connectivity index (χ0v) is 13.4. The molecule has 1 heterocycles. The van der Waals surface area contributed by atoms with E-state index < -0.39 is 15.4 Å². The van der Waals surface area contributed by atoms with E-state index in [0.29, 0.717) is 13.0 Å². The number of carbonyl (C=O) groups excluding carboxylic acids is 1. The van der Waals surface area contributed by atoms with E-state index in [0.717, 1.165) is 19.3 Å². The van der Waals surface area contributed by atoms with E-state index in [-0.39, 0.29) is 17.5 Å². The van der Waals surface area contributed by atoms with Crippen molar-refractivity contribution in [3.05, 3.63) is 11.6 Å². The molecule has 1 unspecified atom stereocenters. The van der Waals surface area contributed by atoms with Gasteiger partial charge in [0.15, 0.2) is 9.84 Å². The summed E-state index contributed by atoms with van der Waals surface area (Å²) in [6.45, 7) is 2.42. The molecule has 0 aromatic rings. The van der Waals surface area contributed by atoms with Gasteiger partial charge in [0.1, 0.15) is 0 Å². The number of allylic oxidation sites excluding steroid dienone is 1. The highest BCUT2D eigenvalue weighted by Gasteiger charge is 2.38. The number of amides is 2. The summed E-state index contributed by atoms with van der Waals surface area (Å²) in [5.74, 6) is 0.237. The maximum absolute atomic E-state index is 11.7. The molecule has 1 fully saturated rings. The van der Waals surface area contributed by atoms with Crippen molar-refractivity contribution in [3.63, 3.8) is 0 Å². The third-order valence-electron chi connectivity index (χ3n) is 4.10. The van der Waals surface area contributed by atoms with Gasteiger partial charge in [-0.2, -0.15) is 0 Å². The zero-order valence-electron chi connectivity index (χ0n) is 12.6. The normalized spacial score (nSPS) is 28.0. The Morgan fingerprint density at radius 3 is 2.81 bits per heavy atom. The summed E-state index contributed by atoms with van der Waals surface area (Å²) in [4.78, 5) is 11.7. The minimum Gasteiger partial charge on any atom is -0.337 e. The van der Waals surface area contributed by atoms with Crippen LogP contribution < -0.4 is 16.2 Å². The monoisotopic (exact) mass is 315 g/mol. The molecule has 2 rings (SSSR count). The van der Waals surface area contributed by atoms with Crippen LogP contribution in [-0.2, 0) is 9.84 Å². The lowest BCUT2D eigenvalue weighted by atomic mass is 9.97. The Hall–Kier alpha value is -1.08. The molecule has 2 amide bonds. The highest BCUT2D eigenvalue weighted by molar-refractivity contribution is 7.91. The third kappa shape index (κ3) is 5.32. The van der Waals surface area contributed by atoms with Crippen LogP contribution in [0.15, 0.2) is 11.6 Å². The first-order chi connectivity index (χ1) is 9.89. The Bertz CT molecular complexity index is 516. The van der Waals surface area contributed by atoms with Crippen molar-refractivity contribution < 1.29 is 13.2 Å². The maximum Gasteiger partial charge on any atom is 0.329 e. The topological polar surface area (TPSA) is 87.3 Å². The predicted molar refractivity (Wildman–Crippen MR) is 82.5 cm³/mol. The maximum atomic E-state index is 11.7. The number of hydrazine groups is 1. The fourth-order valence-corrected chi connectivity index (χ4v) is 4.92. The van der Waals surface area contributed by atoms with E-state index in [4.69, 9.17) is 0 Å². The number of rotatable bonds is 5. The van der Waals surface area contributed by atoms with Crippen LogP contribution in [0.4, 0.5) is 4.79 Å². The fraction of sp³-hybridized carbons (Fsp3) is 0.786. The highest BCUT2D eigenvalue weighted by atomic mass is 32.2. The Balaban J connectivity index is 1.65. The van der Waals surface area contributed by atoms with Gasteiger partial charge in [-0.25, -0.2) is 18.6 Å². The summed E-state index contributed by atoms with van der Waals surface area (Å²) >= 11 is 0. The van der Waals surface area contributed by atoms with Crippen LogP contribution in [0.25, 0.3) is 0 Å². The summed E-state index contributed by atoms with van der Waals surface area (Å²) in [6, 6.07) is -0.308. The van der Waals surface area contributed by atoms with E-state index in [1.807, 2.05) is 6.92 Å². The summed E-state index contributed by atoms with van der Waals surface area (Å²) < 4.78 is 22.9. The average Bonchev–Trinajstić information content (AvgIpc) is 2.72.